The molecule has 0 bridgehead atoms. The third kappa shape index (κ3) is 1.64. The van der Waals surface area contributed by atoms with Crippen LogP contribution in [0.15, 0.2) is 0 Å². The van der Waals surface area contributed by atoms with E-state index in [1.54, 1.807) is 0 Å². The Hall–Kier alpha value is -0.0800. The lowest BCUT2D eigenvalue weighted by Crippen LogP contribution is -2.45. The minimum absolute atomic E-state index is 0.280. The van der Waals surface area contributed by atoms with Gasteiger partial charge in [0.05, 0.1) is 0 Å². The van der Waals surface area contributed by atoms with E-state index < -0.39 is 0 Å². The van der Waals surface area contributed by atoms with Crippen molar-refractivity contribution >= 4 is 0 Å². The van der Waals surface area contributed by atoms with E-state index in [2.05, 4.69) is 19.2 Å². The van der Waals surface area contributed by atoms with E-state index in [-0.39, 0.29) is 6.04 Å². The summed E-state index contributed by atoms with van der Waals surface area (Å²) < 4.78 is 0. The van der Waals surface area contributed by atoms with E-state index in [0.717, 1.165) is 17.9 Å². The van der Waals surface area contributed by atoms with Crippen LogP contribution >= 0.6 is 0 Å². The highest BCUT2D eigenvalue weighted by molar-refractivity contribution is 4.99. The number of nitrogens with one attached hydrogen (secondary N) is 1. The van der Waals surface area contributed by atoms with Crippen LogP contribution in [0.2, 0.25) is 0 Å². The zero-order valence-corrected chi connectivity index (χ0v) is 8.09. The maximum atomic E-state index is 5.80. The second kappa shape index (κ2) is 3.00. The monoisotopic (exact) mass is 168 g/mol. The number of rotatable bonds is 3. The molecule has 0 saturated heterocycles. The Morgan fingerprint density at radius 1 is 1.17 bits per heavy atom. The second-order valence-corrected chi connectivity index (χ2v) is 4.74. The van der Waals surface area contributed by atoms with Crippen LogP contribution < -0.4 is 11.1 Å². The smallest absolute Gasteiger partial charge is 0.0190 e. The van der Waals surface area contributed by atoms with Crippen molar-refractivity contribution in [2.24, 2.45) is 17.6 Å². The zero-order chi connectivity index (χ0) is 8.72. The van der Waals surface area contributed by atoms with Crippen molar-refractivity contribution in [2.45, 2.75) is 51.2 Å². The Bertz CT molecular complexity index is 157. The summed E-state index contributed by atoms with van der Waals surface area (Å²) in [6, 6.07) is 1.53. The van der Waals surface area contributed by atoms with Crippen molar-refractivity contribution in [3.63, 3.8) is 0 Å². The molecule has 0 amide bonds. The normalized spacial score (nSPS) is 43.8. The lowest BCUT2D eigenvalue weighted by Gasteiger charge is -2.23. The van der Waals surface area contributed by atoms with Gasteiger partial charge in [-0.05, 0) is 44.9 Å². The third-order valence-corrected chi connectivity index (χ3v) is 3.53. The van der Waals surface area contributed by atoms with Crippen LogP contribution in [-0.4, -0.2) is 18.1 Å². The van der Waals surface area contributed by atoms with Gasteiger partial charge in [-0.1, -0.05) is 0 Å². The first kappa shape index (κ1) is 8.52. The highest BCUT2D eigenvalue weighted by atomic mass is 15.0. The standard InChI is InChI=1S/C10H20N2/c1-6(11)7(2)12-10-4-8-3-9(8)5-10/h6-10,12H,3-5,11H2,1-2H3. The molecule has 2 nitrogen and oxygen atoms in total. The van der Waals surface area contributed by atoms with E-state index in [4.69, 9.17) is 5.73 Å². The Morgan fingerprint density at radius 3 is 2.25 bits per heavy atom. The first-order chi connectivity index (χ1) is 5.66. The molecule has 2 aliphatic rings. The summed E-state index contributed by atoms with van der Waals surface area (Å²) in [6.07, 6.45) is 4.31. The van der Waals surface area contributed by atoms with E-state index in [1.807, 2.05) is 0 Å². The van der Waals surface area contributed by atoms with Gasteiger partial charge in [-0.3, -0.25) is 0 Å². The van der Waals surface area contributed by atoms with Crippen LogP contribution in [0.5, 0.6) is 0 Å². The van der Waals surface area contributed by atoms with Gasteiger partial charge in [0.25, 0.3) is 0 Å². The Labute approximate surface area is 74.9 Å². The second-order valence-electron chi connectivity index (χ2n) is 4.74. The van der Waals surface area contributed by atoms with Crippen LogP contribution in [0.25, 0.3) is 0 Å². The molecule has 2 fully saturated rings. The van der Waals surface area contributed by atoms with Crippen LogP contribution in [0.1, 0.15) is 33.1 Å². The van der Waals surface area contributed by atoms with Crippen molar-refractivity contribution in [1.82, 2.24) is 5.32 Å². The number of nitrogens with two attached hydrogens (primary N) is 1. The lowest BCUT2D eigenvalue weighted by molar-refractivity contribution is 0.390. The highest BCUT2D eigenvalue weighted by Gasteiger charge is 2.45. The number of hydrogen-bond acceptors (Lipinski definition) is 2. The fourth-order valence-corrected chi connectivity index (χ4v) is 2.37. The molecule has 0 heterocycles. The summed E-state index contributed by atoms with van der Waals surface area (Å²) in [4.78, 5) is 0. The molecule has 0 aromatic carbocycles. The molecule has 0 aromatic heterocycles. The van der Waals surface area contributed by atoms with Crippen LogP contribution in [0, 0.1) is 11.8 Å². The average Bonchev–Trinajstić information content (AvgIpc) is 2.59. The molecule has 2 rings (SSSR count). The molecule has 4 unspecified atom stereocenters. The molecule has 2 heteroatoms. The zero-order valence-electron chi connectivity index (χ0n) is 8.09. The summed E-state index contributed by atoms with van der Waals surface area (Å²) in [5.74, 6) is 2.14. The van der Waals surface area contributed by atoms with Crippen molar-refractivity contribution < 1.29 is 0 Å². The van der Waals surface area contributed by atoms with Gasteiger partial charge in [0.1, 0.15) is 0 Å². The van der Waals surface area contributed by atoms with Gasteiger partial charge < -0.3 is 11.1 Å². The van der Waals surface area contributed by atoms with Crippen molar-refractivity contribution in [3.05, 3.63) is 0 Å². The molecule has 2 aliphatic carbocycles. The van der Waals surface area contributed by atoms with Crippen LogP contribution in [-0.2, 0) is 0 Å². The summed E-state index contributed by atoms with van der Waals surface area (Å²) in [7, 11) is 0. The molecule has 0 radical (unpaired) electrons. The van der Waals surface area contributed by atoms with E-state index in [9.17, 15) is 0 Å². The summed E-state index contributed by atoms with van der Waals surface area (Å²) in [5.41, 5.74) is 5.80. The van der Waals surface area contributed by atoms with Gasteiger partial charge in [-0.2, -0.15) is 0 Å². The van der Waals surface area contributed by atoms with Gasteiger partial charge >= 0.3 is 0 Å². The molecule has 2 saturated carbocycles. The quantitative estimate of drug-likeness (QED) is 0.662. The van der Waals surface area contributed by atoms with Crippen LogP contribution in [0.4, 0.5) is 0 Å². The maximum absolute atomic E-state index is 5.80. The highest BCUT2D eigenvalue weighted by Crippen LogP contribution is 2.51. The van der Waals surface area contributed by atoms with Gasteiger partial charge in [-0.15, -0.1) is 0 Å². The molecule has 12 heavy (non-hydrogen) atoms. The van der Waals surface area contributed by atoms with Crippen molar-refractivity contribution in [3.8, 4) is 0 Å². The maximum Gasteiger partial charge on any atom is 0.0190 e. The van der Waals surface area contributed by atoms with Crippen molar-refractivity contribution in [2.75, 3.05) is 0 Å². The molecular formula is C10H20N2. The van der Waals surface area contributed by atoms with Crippen LogP contribution in [0.3, 0.4) is 0 Å². The Kier molecular flexibility index (Phi) is 2.13. The first-order valence-electron chi connectivity index (χ1n) is 5.18. The first-order valence-corrected chi connectivity index (χ1v) is 5.18. The SMILES string of the molecule is CC(N)C(C)NC1CC2CC2C1. The fourth-order valence-electron chi connectivity index (χ4n) is 2.37. The predicted molar refractivity (Wildman–Crippen MR) is 50.9 cm³/mol. The van der Waals surface area contributed by atoms with E-state index in [0.29, 0.717) is 6.04 Å². The van der Waals surface area contributed by atoms with Crippen molar-refractivity contribution in [1.29, 1.82) is 0 Å². The topological polar surface area (TPSA) is 38.0 Å². The van der Waals surface area contributed by atoms with E-state index >= 15 is 0 Å². The minimum atomic E-state index is 0.280. The van der Waals surface area contributed by atoms with Gasteiger partial charge in [0, 0.05) is 18.1 Å². The Balaban J connectivity index is 1.73. The molecule has 0 aromatic rings. The number of hydrogen-bond donors (Lipinski definition) is 2. The predicted octanol–water partition coefficient (Wildman–Crippen LogP) is 1.11. The molecule has 0 aliphatic heterocycles. The third-order valence-electron chi connectivity index (χ3n) is 3.53. The Morgan fingerprint density at radius 2 is 1.75 bits per heavy atom. The summed E-state index contributed by atoms with van der Waals surface area (Å²) in [6.45, 7) is 4.27. The van der Waals surface area contributed by atoms with Gasteiger partial charge in [-0.25, -0.2) is 0 Å². The molecular weight excluding hydrogens is 148 g/mol. The van der Waals surface area contributed by atoms with Gasteiger partial charge in [0.15, 0.2) is 0 Å². The molecule has 70 valence electrons. The molecule has 0 spiro atoms. The number of fused-ring (bicyclic) bond motifs is 1. The van der Waals surface area contributed by atoms with E-state index in [1.165, 1.54) is 19.3 Å². The molecule has 3 N–H and O–H groups in total. The summed E-state index contributed by atoms with van der Waals surface area (Å²) >= 11 is 0. The molecule has 4 atom stereocenters. The van der Waals surface area contributed by atoms with Gasteiger partial charge in [0.2, 0.25) is 0 Å². The average molecular weight is 168 g/mol. The summed E-state index contributed by atoms with van der Waals surface area (Å²) in [5, 5.41) is 3.61. The fraction of sp³-hybridized carbons (Fsp3) is 1.00. The lowest BCUT2D eigenvalue weighted by atomic mass is 10.1. The largest absolute Gasteiger partial charge is 0.327 e. The minimum Gasteiger partial charge on any atom is -0.327 e.